The first-order valence-electron chi connectivity index (χ1n) is 7.11. The molecule has 0 aliphatic rings. The molecule has 112 valence electrons. The molecule has 1 rings (SSSR count). The molecule has 0 atom stereocenters. The van der Waals surface area contributed by atoms with Crippen molar-refractivity contribution in [1.82, 2.24) is 5.32 Å². The molecule has 4 heteroatoms. The van der Waals surface area contributed by atoms with Gasteiger partial charge >= 0.3 is 0 Å². The molecule has 0 saturated carbocycles. The molecular formula is C16H25NO2S. The Morgan fingerprint density at radius 2 is 1.85 bits per heavy atom. The van der Waals surface area contributed by atoms with Crippen molar-refractivity contribution in [1.29, 1.82) is 0 Å². The summed E-state index contributed by atoms with van der Waals surface area (Å²) in [5.74, 6) is 1.25. The summed E-state index contributed by atoms with van der Waals surface area (Å²) in [6.07, 6.45) is 1.31. The van der Waals surface area contributed by atoms with Crippen LogP contribution < -0.4 is 5.32 Å². The molecule has 2 N–H and O–H groups in total. The number of hydrogen-bond acceptors (Lipinski definition) is 3. The van der Waals surface area contributed by atoms with Gasteiger partial charge in [0.05, 0.1) is 11.4 Å². The van der Waals surface area contributed by atoms with Crippen LogP contribution in [0.3, 0.4) is 0 Å². The average Bonchev–Trinajstić information content (AvgIpc) is 2.47. The quantitative estimate of drug-likeness (QED) is 0.775. The summed E-state index contributed by atoms with van der Waals surface area (Å²) >= 11 is 1.59. The first kappa shape index (κ1) is 17.1. The van der Waals surface area contributed by atoms with E-state index in [0.717, 1.165) is 5.75 Å². The number of aryl methyl sites for hydroxylation is 1. The molecule has 0 bridgehead atoms. The third-order valence-electron chi connectivity index (χ3n) is 3.55. The standard InChI is InChI=1S/C16H25NO2S/c1-4-16(19,5-2)12-17-15(18)11-20-10-14-8-6-13(3)7-9-14/h6-9,19H,4-5,10-12H2,1-3H3,(H,17,18). The highest BCUT2D eigenvalue weighted by Crippen LogP contribution is 2.14. The summed E-state index contributed by atoms with van der Waals surface area (Å²) in [7, 11) is 0. The largest absolute Gasteiger partial charge is 0.388 e. The number of benzene rings is 1. The Morgan fingerprint density at radius 1 is 1.25 bits per heavy atom. The molecule has 0 unspecified atom stereocenters. The maximum atomic E-state index is 11.7. The predicted octanol–water partition coefficient (Wildman–Crippen LogP) is 2.90. The number of nitrogens with one attached hydrogen (secondary N) is 1. The zero-order valence-corrected chi connectivity index (χ0v) is 13.4. The zero-order valence-electron chi connectivity index (χ0n) is 12.6. The smallest absolute Gasteiger partial charge is 0.230 e. The van der Waals surface area contributed by atoms with Crippen LogP contribution in [0.2, 0.25) is 0 Å². The van der Waals surface area contributed by atoms with Crippen LogP contribution in [0, 0.1) is 6.92 Å². The topological polar surface area (TPSA) is 49.3 Å². The van der Waals surface area contributed by atoms with Crippen molar-refractivity contribution in [3.63, 3.8) is 0 Å². The molecule has 1 amide bonds. The van der Waals surface area contributed by atoms with E-state index < -0.39 is 5.60 Å². The second-order valence-electron chi connectivity index (χ2n) is 5.19. The summed E-state index contributed by atoms with van der Waals surface area (Å²) in [6, 6.07) is 8.34. The lowest BCUT2D eigenvalue weighted by molar-refractivity contribution is -0.119. The molecule has 20 heavy (non-hydrogen) atoms. The van der Waals surface area contributed by atoms with Gasteiger partial charge in [0, 0.05) is 12.3 Å². The minimum atomic E-state index is -0.767. The van der Waals surface area contributed by atoms with Crippen molar-refractivity contribution >= 4 is 17.7 Å². The Bertz CT molecular complexity index is 413. The number of amides is 1. The fraction of sp³-hybridized carbons (Fsp3) is 0.562. The van der Waals surface area contributed by atoms with Gasteiger partial charge in [0.15, 0.2) is 0 Å². The first-order valence-corrected chi connectivity index (χ1v) is 8.27. The highest BCUT2D eigenvalue weighted by molar-refractivity contribution is 7.99. The molecule has 0 spiro atoms. The van der Waals surface area contributed by atoms with Crippen LogP contribution >= 0.6 is 11.8 Å². The normalized spacial score (nSPS) is 11.4. The van der Waals surface area contributed by atoms with Crippen molar-refractivity contribution in [3.05, 3.63) is 35.4 Å². The van der Waals surface area contributed by atoms with E-state index in [-0.39, 0.29) is 5.91 Å². The van der Waals surface area contributed by atoms with Crippen LogP contribution in [0.1, 0.15) is 37.8 Å². The lowest BCUT2D eigenvalue weighted by atomic mass is 9.98. The molecule has 0 heterocycles. The molecule has 1 aromatic carbocycles. The Kier molecular flexibility index (Phi) is 7.10. The minimum absolute atomic E-state index is 0.0116. The maximum absolute atomic E-state index is 11.7. The van der Waals surface area contributed by atoms with E-state index >= 15 is 0 Å². The van der Waals surface area contributed by atoms with Crippen LogP contribution in [0.5, 0.6) is 0 Å². The summed E-state index contributed by atoms with van der Waals surface area (Å²) in [5, 5.41) is 12.9. The molecule has 0 fully saturated rings. The van der Waals surface area contributed by atoms with Crippen molar-refractivity contribution in [2.45, 2.75) is 45.0 Å². The zero-order chi connectivity index (χ0) is 15.0. The minimum Gasteiger partial charge on any atom is -0.388 e. The highest BCUT2D eigenvalue weighted by Gasteiger charge is 2.22. The van der Waals surface area contributed by atoms with Gasteiger partial charge in [0.25, 0.3) is 0 Å². The van der Waals surface area contributed by atoms with Gasteiger partial charge in [-0.3, -0.25) is 4.79 Å². The van der Waals surface area contributed by atoms with E-state index in [1.54, 1.807) is 11.8 Å². The van der Waals surface area contributed by atoms with Gasteiger partial charge in [-0.15, -0.1) is 11.8 Å². The van der Waals surface area contributed by atoms with Gasteiger partial charge in [-0.1, -0.05) is 43.7 Å². The predicted molar refractivity (Wildman–Crippen MR) is 85.9 cm³/mol. The lowest BCUT2D eigenvalue weighted by Gasteiger charge is -2.25. The SMILES string of the molecule is CCC(O)(CC)CNC(=O)CSCc1ccc(C)cc1. The molecule has 3 nitrogen and oxygen atoms in total. The third kappa shape index (κ3) is 5.97. The summed E-state index contributed by atoms with van der Waals surface area (Å²) < 4.78 is 0. The molecule has 0 radical (unpaired) electrons. The van der Waals surface area contributed by atoms with Gasteiger partial charge in [-0.25, -0.2) is 0 Å². The van der Waals surface area contributed by atoms with Crippen LogP contribution in [-0.4, -0.2) is 28.9 Å². The van der Waals surface area contributed by atoms with E-state index in [1.807, 2.05) is 13.8 Å². The summed E-state index contributed by atoms with van der Waals surface area (Å²) in [5.41, 5.74) is 1.71. The molecule has 1 aromatic rings. The van der Waals surface area contributed by atoms with E-state index in [9.17, 15) is 9.90 Å². The van der Waals surface area contributed by atoms with E-state index in [4.69, 9.17) is 0 Å². The Morgan fingerprint density at radius 3 is 2.40 bits per heavy atom. The molecule has 0 aliphatic heterocycles. The number of thioether (sulfide) groups is 1. The van der Waals surface area contributed by atoms with E-state index in [2.05, 4.69) is 36.5 Å². The fourth-order valence-electron chi connectivity index (χ4n) is 1.76. The molecular weight excluding hydrogens is 270 g/mol. The van der Waals surface area contributed by atoms with Crippen LogP contribution in [-0.2, 0) is 10.5 Å². The lowest BCUT2D eigenvalue weighted by Crippen LogP contribution is -2.42. The van der Waals surface area contributed by atoms with Gasteiger partial charge in [0.2, 0.25) is 5.91 Å². The second kappa shape index (κ2) is 8.32. The Labute approximate surface area is 126 Å². The number of carbonyl (C=O) groups is 1. The number of hydrogen-bond donors (Lipinski definition) is 2. The maximum Gasteiger partial charge on any atom is 0.230 e. The monoisotopic (exact) mass is 295 g/mol. The fourth-order valence-corrected chi connectivity index (χ4v) is 2.58. The molecule has 0 aliphatic carbocycles. The number of carbonyl (C=O) groups excluding carboxylic acids is 1. The van der Waals surface area contributed by atoms with E-state index in [0.29, 0.717) is 25.1 Å². The Hall–Kier alpha value is -1.00. The van der Waals surface area contributed by atoms with Crippen molar-refractivity contribution in [2.75, 3.05) is 12.3 Å². The highest BCUT2D eigenvalue weighted by atomic mass is 32.2. The average molecular weight is 295 g/mol. The molecule has 0 saturated heterocycles. The van der Waals surface area contributed by atoms with E-state index in [1.165, 1.54) is 11.1 Å². The van der Waals surface area contributed by atoms with Crippen molar-refractivity contribution in [3.8, 4) is 0 Å². The van der Waals surface area contributed by atoms with Gasteiger partial charge < -0.3 is 10.4 Å². The third-order valence-corrected chi connectivity index (χ3v) is 4.56. The van der Waals surface area contributed by atoms with Crippen molar-refractivity contribution < 1.29 is 9.90 Å². The van der Waals surface area contributed by atoms with Crippen LogP contribution in [0.25, 0.3) is 0 Å². The van der Waals surface area contributed by atoms with Gasteiger partial charge in [-0.2, -0.15) is 0 Å². The number of aliphatic hydroxyl groups is 1. The van der Waals surface area contributed by atoms with Crippen LogP contribution in [0.4, 0.5) is 0 Å². The number of rotatable bonds is 8. The summed E-state index contributed by atoms with van der Waals surface area (Å²) in [6.45, 7) is 6.26. The van der Waals surface area contributed by atoms with Crippen LogP contribution in [0.15, 0.2) is 24.3 Å². The van der Waals surface area contributed by atoms with Gasteiger partial charge in [-0.05, 0) is 25.3 Å². The first-order chi connectivity index (χ1) is 9.49. The molecule has 0 aromatic heterocycles. The van der Waals surface area contributed by atoms with Gasteiger partial charge in [0.1, 0.15) is 0 Å². The summed E-state index contributed by atoms with van der Waals surface area (Å²) in [4.78, 5) is 11.7. The second-order valence-corrected chi connectivity index (χ2v) is 6.17. The van der Waals surface area contributed by atoms with Crippen molar-refractivity contribution in [2.24, 2.45) is 0 Å². The Balaban J connectivity index is 2.25.